The van der Waals surface area contributed by atoms with E-state index in [4.69, 9.17) is 0 Å². The molecule has 0 amide bonds. The Bertz CT molecular complexity index is 404. The summed E-state index contributed by atoms with van der Waals surface area (Å²) in [6.07, 6.45) is 2.09. The quantitative estimate of drug-likeness (QED) is 0.760. The van der Waals surface area contributed by atoms with Gasteiger partial charge in [0.25, 0.3) is 0 Å². The molecule has 3 nitrogen and oxygen atoms in total. The molecule has 0 aliphatic heterocycles. The Balaban J connectivity index is 3.33. The van der Waals surface area contributed by atoms with Crippen molar-refractivity contribution in [1.82, 2.24) is 4.98 Å². The first-order valence-corrected chi connectivity index (χ1v) is 5.61. The van der Waals surface area contributed by atoms with Crippen molar-refractivity contribution in [2.45, 2.75) is 5.03 Å². The minimum Gasteiger partial charge on any atom is -0.243 e. The van der Waals surface area contributed by atoms with Crippen molar-refractivity contribution in [3.05, 3.63) is 22.6 Å². The molecule has 0 unspecified atom stereocenters. The SMILES string of the molecule is CS(=O)(=O)c1cc(F)c(Br)cn1. The molecule has 1 heterocycles. The highest BCUT2D eigenvalue weighted by molar-refractivity contribution is 9.10. The zero-order valence-electron chi connectivity index (χ0n) is 6.08. The van der Waals surface area contributed by atoms with Crippen LogP contribution in [-0.2, 0) is 9.84 Å². The third-order valence-corrected chi connectivity index (χ3v) is 2.73. The van der Waals surface area contributed by atoms with E-state index >= 15 is 0 Å². The predicted octanol–water partition coefficient (Wildman–Crippen LogP) is 1.39. The summed E-state index contributed by atoms with van der Waals surface area (Å²) >= 11 is 2.86. The fourth-order valence-electron chi connectivity index (χ4n) is 0.599. The predicted molar refractivity (Wildman–Crippen MR) is 45.0 cm³/mol. The van der Waals surface area contributed by atoms with Crippen LogP contribution in [0, 0.1) is 5.82 Å². The van der Waals surface area contributed by atoms with Gasteiger partial charge >= 0.3 is 0 Å². The van der Waals surface area contributed by atoms with Gasteiger partial charge in [-0.2, -0.15) is 0 Å². The fourth-order valence-corrected chi connectivity index (χ4v) is 1.38. The molecular weight excluding hydrogens is 249 g/mol. The summed E-state index contributed by atoms with van der Waals surface area (Å²) in [4.78, 5) is 3.54. The number of nitrogens with zero attached hydrogens (tertiary/aromatic N) is 1. The Morgan fingerprint density at radius 3 is 2.58 bits per heavy atom. The number of rotatable bonds is 1. The van der Waals surface area contributed by atoms with E-state index in [1.165, 1.54) is 0 Å². The van der Waals surface area contributed by atoms with Gasteiger partial charge < -0.3 is 0 Å². The second-order valence-corrected chi connectivity index (χ2v) is 5.03. The third kappa shape index (κ3) is 2.01. The van der Waals surface area contributed by atoms with Gasteiger partial charge in [-0.3, -0.25) is 0 Å². The Kier molecular flexibility index (Phi) is 2.48. The summed E-state index contributed by atoms with van der Waals surface area (Å²) < 4.78 is 34.6. The van der Waals surface area contributed by atoms with E-state index in [9.17, 15) is 12.8 Å². The first-order valence-electron chi connectivity index (χ1n) is 2.92. The van der Waals surface area contributed by atoms with Crippen molar-refractivity contribution in [3.8, 4) is 0 Å². The molecule has 12 heavy (non-hydrogen) atoms. The van der Waals surface area contributed by atoms with Gasteiger partial charge in [-0.1, -0.05) is 0 Å². The highest BCUT2D eigenvalue weighted by Gasteiger charge is 2.10. The lowest BCUT2D eigenvalue weighted by Crippen LogP contribution is -2.00. The van der Waals surface area contributed by atoms with Crippen LogP contribution in [0.15, 0.2) is 21.8 Å². The number of hydrogen-bond acceptors (Lipinski definition) is 3. The fraction of sp³-hybridized carbons (Fsp3) is 0.167. The van der Waals surface area contributed by atoms with E-state index in [0.717, 1.165) is 18.5 Å². The topological polar surface area (TPSA) is 47.0 Å². The highest BCUT2D eigenvalue weighted by atomic mass is 79.9. The summed E-state index contributed by atoms with van der Waals surface area (Å²) in [6.45, 7) is 0. The van der Waals surface area contributed by atoms with Crippen molar-refractivity contribution < 1.29 is 12.8 Å². The van der Waals surface area contributed by atoms with E-state index in [1.807, 2.05) is 0 Å². The molecule has 0 atom stereocenters. The van der Waals surface area contributed by atoms with Crippen molar-refractivity contribution in [3.63, 3.8) is 0 Å². The molecule has 0 radical (unpaired) electrons. The summed E-state index contributed by atoms with van der Waals surface area (Å²) in [5, 5.41) is -0.261. The van der Waals surface area contributed by atoms with Crippen molar-refractivity contribution in [2.75, 3.05) is 6.26 Å². The van der Waals surface area contributed by atoms with Crippen LogP contribution in [-0.4, -0.2) is 19.7 Å². The van der Waals surface area contributed by atoms with Crippen LogP contribution >= 0.6 is 15.9 Å². The molecule has 0 spiro atoms. The minimum atomic E-state index is -3.41. The number of aromatic nitrogens is 1. The van der Waals surface area contributed by atoms with Gasteiger partial charge in [0.05, 0.1) is 4.47 Å². The van der Waals surface area contributed by atoms with E-state index in [1.54, 1.807) is 0 Å². The maximum Gasteiger partial charge on any atom is 0.192 e. The summed E-state index contributed by atoms with van der Waals surface area (Å²) in [5.41, 5.74) is 0. The number of sulfone groups is 1. The van der Waals surface area contributed by atoms with Gasteiger partial charge in [-0.15, -0.1) is 0 Å². The summed E-state index contributed by atoms with van der Waals surface area (Å²) in [5.74, 6) is -0.634. The Labute approximate surface area is 77.7 Å². The first kappa shape index (κ1) is 9.60. The van der Waals surface area contributed by atoms with Gasteiger partial charge in [0.1, 0.15) is 5.82 Å². The summed E-state index contributed by atoms with van der Waals surface area (Å²) in [6, 6.07) is 0.874. The van der Waals surface area contributed by atoms with E-state index < -0.39 is 15.7 Å². The molecule has 1 aromatic rings. The van der Waals surface area contributed by atoms with Crippen molar-refractivity contribution >= 4 is 25.8 Å². The molecule has 0 N–H and O–H groups in total. The van der Waals surface area contributed by atoms with Gasteiger partial charge in [0.15, 0.2) is 14.9 Å². The van der Waals surface area contributed by atoms with E-state index in [0.29, 0.717) is 0 Å². The molecule has 1 aromatic heterocycles. The van der Waals surface area contributed by atoms with E-state index in [2.05, 4.69) is 20.9 Å². The average Bonchev–Trinajstić information content (AvgIpc) is 1.92. The van der Waals surface area contributed by atoms with Crippen molar-refractivity contribution in [1.29, 1.82) is 0 Å². The van der Waals surface area contributed by atoms with Crippen LogP contribution in [0.3, 0.4) is 0 Å². The zero-order valence-corrected chi connectivity index (χ0v) is 8.49. The molecular formula is C6H5BrFNO2S. The normalized spacial score (nSPS) is 11.6. The molecule has 1 rings (SSSR count). The lowest BCUT2D eigenvalue weighted by molar-refractivity contribution is 0.587. The van der Waals surface area contributed by atoms with Crippen LogP contribution in [0.5, 0.6) is 0 Å². The lowest BCUT2D eigenvalue weighted by atomic mass is 10.5. The molecule has 0 aliphatic carbocycles. The smallest absolute Gasteiger partial charge is 0.192 e. The zero-order chi connectivity index (χ0) is 9.35. The monoisotopic (exact) mass is 253 g/mol. The maximum atomic E-state index is 12.8. The second-order valence-electron chi connectivity index (χ2n) is 2.21. The van der Waals surface area contributed by atoms with Gasteiger partial charge in [-0.05, 0) is 15.9 Å². The lowest BCUT2D eigenvalue weighted by Gasteiger charge is -1.97. The Hall–Kier alpha value is -0.490. The van der Waals surface area contributed by atoms with Crippen LogP contribution < -0.4 is 0 Å². The molecule has 6 heteroatoms. The minimum absolute atomic E-state index is 0.148. The number of pyridine rings is 1. The maximum absolute atomic E-state index is 12.8. The second kappa shape index (κ2) is 3.10. The van der Waals surface area contributed by atoms with E-state index in [-0.39, 0.29) is 9.50 Å². The van der Waals surface area contributed by atoms with Crippen LogP contribution in [0.2, 0.25) is 0 Å². The average molecular weight is 254 g/mol. The van der Waals surface area contributed by atoms with Crippen LogP contribution in [0.4, 0.5) is 4.39 Å². The van der Waals surface area contributed by atoms with Gasteiger partial charge in [0.2, 0.25) is 0 Å². The van der Waals surface area contributed by atoms with Crippen molar-refractivity contribution in [2.24, 2.45) is 0 Å². The standard InChI is InChI=1S/C6H5BrFNO2S/c1-12(10,11)6-2-5(8)4(7)3-9-6/h2-3H,1H3. The van der Waals surface area contributed by atoms with Crippen LogP contribution in [0.25, 0.3) is 0 Å². The summed E-state index contributed by atoms with van der Waals surface area (Å²) in [7, 11) is -3.41. The molecule has 0 bridgehead atoms. The largest absolute Gasteiger partial charge is 0.243 e. The molecule has 66 valence electrons. The van der Waals surface area contributed by atoms with Gasteiger partial charge in [-0.25, -0.2) is 17.8 Å². The first-order chi connectivity index (χ1) is 5.41. The molecule has 0 saturated carbocycles. The third-order valence-electron chi connectivity index (χ3n) is 1.16. The highest BCUT2D eigenvalue weighted by Crippen LogP contribution is 2.16. The Morgan fingerprint density at radius 1 is 1.58 bits per heavy atom. The Morgan fingerprint density at radius 2 is 2.17 bits per heavy atom. The van der Waals surface area contributed by atoms with Crippen LogP contribution in [0.1, 0.15) is 0 Å². The number of hydrogen-bond donors (Lipinski definition) is 0. The molecule has 0 saturated heterocycles. The molecule has 0 aliphatic rings. The molecule has 0 fully saturated rings. The number of halogens is 2. The molecule has 0 aromatic carbocycles. The van der Waals surface area contributed by atoms with Gasteiger partial charge in [0, 0.05) is 18.5 Å².